The minimum atomic E-state index is 0.0241. The van der Waals surface area contributed by atoms with E-state index >= 15 is 0 Å². The monoisotopic (exact) mass is 244 g/mol. The number of nitrogens with one attached hydrogen (secondary N) is 1. The van der Waals surface area contributed by atoms with Crippen molar-refractivity contribution in [1.29, 1.82) is 0 Å². The molecule has 1 aromatic carbocycles. The van der Waals surface area contributed by atoms with E-state index in [0.29, 0.717) is 0 Å². The molecule has 2 aromatic rings. The van der Waals surface area contributed by atoms with Gasteiger partial charge in [-0.2, -0.15) is 0 Å². The fourth-order valence-corrected chi connectivity index (χ4v) is 2.21. The summed E-state index contributed by atoms with van der Waals surface area (Å²) >= 11 is 0. The average Bonchev–Trinajstić information content (AvgIpc) is 2.30. The van der Waals surface area contributed by atoms with E-state index in [1.807, 2.05) is 25.1 Å². The molecule has 0 radical (unpaired) electrons. The first-order valence-electron chi connectivity index (χ1n) is 6.34. The van der Waals surface area contributed by atoms with Crippen molar-refractivity contribution in [2.45, 2.75) is 19.8 Å². The Kier molecular flexibility index (Phi) is 3.82. The lowest BCUT2D eigenvalue weighted by atomic mass is 10.1. The van der Waals surface area contributed by atoms with Gasteiger partial charge in [0.05, 0.1) is 0 Å². The number of aryl methyl sites for hydroxylation is 2. The van der Waals surface area contributed by atoms with E-state index in [4.69, 9.17) is 0 Å². The number of pyridine rings is 1. The molecule has 0 unspecified atom stereocenters. The smallest absolute Gasteiger partial charge is 0.256 e. The van der Waals surface area contributed by atoms with Crippen LogP contribution in [0.3, 0.4) is 0 Å². The molecule has 0 aliphatic rings. The number of aromatic nitrogens is 1. The summed E-state index contributed by atoms with van der Waals surface area (Å²) in [6, 6.07) is 7.97. The molecule has 96 valence electrons. The first-order chi connectivity index (χ1) is 8.58. The summed E-state index contributed by atoms with van der Waals surface area (Å²) in [5.41, 5.74) is 2.21. The molecular weight excluding hydrogens is 224 g/mol. The molecule has 0 saturated carbocycles. The zero-order valence-corrected chi connectivity index (χ0v) is 11.3. The lowest BCUT2D eigenvalue weighted by Gasteiger charge is -2.09. The Morgan fingerprint density at radius 1 is 1.22 bits per heavy atom. The van der Waals surface area contributed by atoms with Crippen LogP contribution in [-0.4, -0.2) is 30.5 Å². The van der Waals surface area contributed by atoms with Gasteiger partial charge in [0.15, 0.2) is 0 Å². The van der Waals surface area contributed by atoms with Crippen LogP contribution < -0.4 is 5.56 Å². The molecule has 0 amide bonds. The second-order valence-corrected chi connectivity index (χ2v) is 5.07. The maximum absolute atomic E-state index is 12.0. The average molecular weight is 244 g/mol. The molecular formula is C15H20N2O. The van der Waals surface area contributed by atoms with Gasteiger partial charge in [0.25, 0.3) is 5.56 Å². The summed E-state index contributed by atoms with van der Waals surface area (Å²) in [6.07, 6.45) is 1.97. The second-order valence-electron chi connectivity index (χ2n) is 5.07. The Hall–Kier alpha value is -1.61. The maximum Gasteiger partial charge on any atom is 0.256 e. The molecule has 0 fully saturated rings. The Morgan fingerprint density at radius 3 is 2.72 bits per heavy atom. The molecule has 3 heteroatoms. The van der Waals surface area contributed by atoms with E-state index in [-0.39, 0.29) is 5.56 Å². The number of fused-ring (bicyclic) bond motifs is 1. The van der Waals surface area contributed by atoms with Gasteiger partial charge in [0.2, 0.25) is 0 Å². The maximum atomic E-state index is 12.0. The summed E-state index contributed by atoms with van der Waals surface area (Å²) in [5, 5.41) is 1.85. The van der Waals surface area contributed by atoms with Crippen molar-refractivity contribution in [3.8, 4) is 0 Å². The summed E-state index contributed by atoms with van der Waals surface area (Å²) in [5.74, 6) is 0. The van der Waals surface area contributed by atoms with Crippen molar-refractivity contribution >= 4 is 10.8 Å². The molecule has 1 aromatic heterocycles. The van der Waals surface area contributed by atoms with Crippen LogP contribution in [0, 0.1) is 6.92 Å². The van der Waals surface area contributed by atoms with Crippen LogP contribution in [0.2, 0.25) is 0 Å². The van der Waals surface area contributed by atoms with Crippen LogP contribution in [0.25, 0.3) is 10.8 Å². The van der Waals surface area contributed by atoms with Crippen molar-refractivity contribution in [3.63, 3.8) is 0 Å². The molecule has 1 heterocycles. The largest absolute Gasteiger partial charge is 0.326 e. The number of aromatic amines is 1. The van der Waals surface area contributed by atoms with E-state index in [0.717, 1.165) is 41.4 Å². The lowest BCUT2D eigenvalue weighted by molar-refractivity contribution is 0.399. The molecule has 0 aliphatic carbocycles. The van der Waals surface area contributed by atoms with E-state index in [9.17, 15) is 4.79 Å². The second kappa shape index (κ2) is 5.36. The summed E-state index contributed by atoms with van der Waals surface area (Å²) < 4.78 is 0. The van der Waals surface area contributed by atoms with Crippen molar-refractivity contribution in [2.24, 2.45) is 0 Å². The Bertz CT molecular complexity index is 599. The molecule has 3 nitrogen and oxygen atoms in total. The van der Waals surface area contributed by atoms with Crippen LogP contribution in [0.15, 0.2) is 29.1 Å². The first-order valence-corrected chi connectivity index (χ1v) is 6.34. The lowest BCUT2D eigenvalue weighted by Crippen LogP contribution is -2.15. The molecule has 0 atom stereocenters. The van der Waals surface area contributed by atoms with E-state index < -0.39 is 0 Å². The first kappa shape index (κ1) is 12.8. The summed E-state index contributed by atoms with van der Waals surface area (Å²) in [7, 11) is 4.13. The highest BCUT2D eigenvalue weighted by atomic mass is 16.1. The normalized spacial score (nSPS) is 11.3. The third-order valence-electron chi connectivity index (χ3n) is 3.21. The Balaban J connectivity index is 2.31. The molecule has 0 saturated heterocycles. The topological polar surface area (TPSA) is 36.1 Å². The van der Waals surface area contributed by atoms with Gasteiger partial charge in [0, 0.05) is 11.1 Å². The molecule has 2 rings (SSSR count). The van der Waals surface area contributed by atoms with Crippen molar-refractivity contribution in [2.75, 3.05) is 20.6 Å². The fourth-order valence-electron chi connectivity index (χ4n) is 2.21. The van der Waals surface area contributed by atoms with E-state index in [2.05, 4.69) is 30.0 Å². The van der Waals surface area contributed by atoms with Gasteiger partial charge in [-0.3, -0.25) is 4.79 Å². The predicted octanol–water partition coefficient (Wildman–Crippen LogP) is 2.33. The highest BCUT2D eigenvalue weighted by Gasteiger charge is 2.04. The van der Waals surface area contributed by atoms with Gasteiger partial charge in [-0.15, -0.1) is 0 Å². The highest BCUT2D eigenvalue weighted by Crippen LogP contribution is 2.15. The van der Waals surface area contributed by atoms with E-state index in [1.165, 1.54) is 0 Å². The van der Waals surface area contributed by atoms with Crippen LogP contribution in [0.4, 0.5) is 0 Å². The number of H-pyrrole nitrogens is 1. The van der Waals surface area contributed by atoms with Gasteiger partial charge >= 0.3 is 0 Å². The number of benzene rings is 1. The standard InChI is InChI=1S/C15H20N2O/c1-11-6-4-8-13-14(11)10-12(16-15(13)18)7-5-9-17(2)3/h4,6,8,10H,5,7,9H2,1-3H3,(H,16,18). The molecule has 1 N–H and O–H groups in total. The molecule has 0 spiro atoms. The zero-order valence-electron chi connectivity index (χ0n) is 11.3. The number of rotatable bonds is 4. The number of hydrogen-bond donors (Lipinski definition) is 1. The van der Waals surface area contributed by atoms with E-state index in [1.54, 1.807) is 0 Å². The van der Waals surface area contributed by atoms with Crippen LogP contribution in [-0.2, 0) is 6.42 Å². The summed E-state index contributed by atoms with van der Waals surface area (Å²) in [4.78, 5) is 17.1. The van der Waals surface area contributed by atoms with Gasteiger partial charge in [-0.25, -0.2) is 0 Å². The Labute approximate surface area is 107 Å². The third-order valence-corrected chi connectivity index (χ3v) is 3.21. The zero-order chi connectivity index (χ0) is 13.1. The van der Waals surface area contributed by atoms with Crippen LogP contribution in [0.1, 0.15) is 17.7 Å². The number of hydrogen-bond acceptors (Lipinski definition) is 2. The molecule has 0 bridgehead atoms. The van der Waals surface area contributed by atoms with Gasteiger partial charge < -0.3 is 9.88 Å². The molecule has 0 aliphatic heterocycles. The predicted molar refractivity (Wildman–Crippen MR) is 76.2 cm³/mol. The Morgan fingerprint density at radius 2 is 2.00 bits per heavy atom. The molecule has 18 heavy (non-hydrogen) atoms. The SMILES string of the molecule is Cc1cccc2c(=O)[nH]c(CCCN(C)C)cc12. The fraction of sp³-hybridized carbons (Fsp3) is 0.400. The quantitative estimate of drug-likeness (QED) is 0.896. The van der Waals surface area contributed by atoms with Crippen molar-refractivity contribution < 1.29 is 0 Å². The van der Waals surface area contributed by atoms with Crippen molar-refractivity contribution in [3.05, 3.63) is 45.9 Å². The van der Waals surface area contributed by atoms with Gasteiger partial charge in [-0.05, 0) is 63.5 Å². The van der Waals surface area contributed by atoms with Crippen molar-refractivity contribution in [1.82, 2.24) is 9.88 Å². The highest BCUT2D eigenvalue weighted by molar-refractivity contribution is 5.84. The van der Waals surface area contributed by atoms with Gasteiger partial charge in [-0.1, -0.05) is 12.1 Å². The third kappa shape index (κ3) is 2.79. The minimum Gasteiger partial charge on any atom is -0.326 e. The minimum absolute atomic E-state index is 0.0241. The van der Waals surface area contributed by atoms with Crippen LogP contribution in [0.5, 0.6) is 0 Å². The van der Waals surface area contributed by atoms with Gasteiger partial charge in [0.1, 0.15) is 0 Å². The summed E-state index contributed by atoms with van der Waals surface area (Å²) in [6.45, 7) is 3.08. The number of nitrogens with zero attached hydrogens (tertiary/aromatic N) is 1. The van der Waals surface area contributed by atoms with Crippen LogP contribution >= 0.6 is 0 Å².